The summed E-state index contributed by atoms with van der Waals surface area (Å²) in [5, 5.41) is 6.54. The van der Waals surface area contributed by atoms with Crippen LogP contribution in [0.5, 0.6) is 11.5 Å². The average molecular weight is 293 g/mol. The molecule has 0 amide bonds. The van der Waals surface area contributed by atoms with Crippen LogP contribution in [0.4, 0.5) is 0 Å². The zero-order valence-corrected chi connectivity index (χ0v) is 13.5. The van der Waals surface area contributed by atoms with E-state index in [1.54, 1.807) is 14.2 Å². The maximum Gasteiger partial charge on any atom is 0.190 e. The second kappa shape index (κ2) is 9.91. The van der Waals surface area contributed by atoms with Gasteiger partial charge in [0.15, 0.2) is 5.96 Å². The smallest absolute Gasteiger partial charge is 0.190 e. The highest BCUT2D eigenvalue weighted by Crippen LogP contribution is 2.18. The number of nitrogens with zero attached hydrogens (tertiary/aromatic N) is 1. The van der Waals surface area contributed by atoms with E-state index in [1.807, 2.05) is 24.3 Å². The third-order valence-electron chi connectivity index (χ3n) is 2.82. The molecule has 0 spiro atoms. The van der Waals surface area contributed by atoms with Crippen LogP contribution in [0.15, 0.2) is 29.3 Å². The van der Waals surface area contributed by atoms with Crippen LogP contribution in [0.3, 0.4) is 0 Å². The highest BCUT2D eigenvalue weighted by Gasteiger charge is 1.99. The number of aliphatic imine (C=N–C) groups is 1. The molecule has 0 saturated carbocycles. The molecule has 0 saturated heterocycles. The number of hydrogen-bond acceptors (Lipinski definition) is 3. The lowest BCUT2D eigenvalue weighted by atomic mass is 10.2. The van der Waals surface area contributed by atoms with Crippen molar-refractivity contribution in [2.45, 2.75) is 20.3 Å². The van der Waals surface area contributed by atoms with Gasteiger partial charge in [0.1, 0.15) is 11.5 Å². The molecule has 118 valence electrons. The monoisotopic (exact) mass is 293 g/mol. The van der Waals surface area contributed by atoms with Gasteiger partial charge in [0.05, 0.1) is 13.7 Å². The molecule has 0 aromatic heterocycles. The highest BCUT2D eigenvalue weighted by atomic mass is 16.5. The topological polar surface area (TPSA) is 54.9 Å². The Morgan fingerprint density at radius 1 is 1.24 bits per heavy atom. The zero-order chi connectivity index (χ0) is 15.5. The van der Waals surface area contributed by atoms with Crippen molar-refractivity contribution < 1.29 is 9.47 Å². The van der Waals surface area contributed by atoms with Crippen LogP contribution in [-0.4, -0.2) is 39.8 Å². The summed E-state index contributed by atoms with van der Waals surface area (Å²) < 4.78 is 10.8. The van der Waals surface area contributed by atoms with Crippen molar-refractivity contribution in [3.05, 3.63) is 24.3 Å². The Labute approximate surface area is 127 Å². The first kappa shape index (κ1) is 17.1. The number of benzene rings is 1. The van der Waals surface area contributed by atoms with Gasteiger partial charge in [-0.2, -0.15) is 0 Å². The van der Waals surface area contributed by atoms with E-state index >= 15 is 0 Å². The first-order valence-electron chi connectivity index (χ1n) is 7.37. The Kier molecular flexibility index (Phi) is 8.09. The minimum absolute atomic E-state index is 0.597. The Hall–Kier alpha value is -1.91. The van der Waals surface area contributed by atoms with Gasteiger partial charge in [-0.25, -0.2) is 0 Å². The lowest BCUT2D eigenvalue weighted by Gasteiger charge is -2.13. The Bertz CT molecular complexity index is 433. The molecular weight excluding hydrogens is 266 g/mol. The summed E-state index contributed by atoms with van der Waals surface area (Å²) in [7, 11) is 3.43. The molecule has 2 N–H and O–H groups in total. The quantitative estimate of drug-likeness (QED) is 0.439. The molecular formula is C16H27N3O2. The van der Waals surface area contributed by atoms with Gasteiger partial charge in [-0.3, -0.25) is 4.99 Å². The van der Waals surface area contributed by atoms with Crippen LogP contribution in [0.2, 0.25) is 0 Å². The molecule has 0 fully saturated rings. The number of hydrogen-bond donors (Lipinski definition) is 2. The SMILES string of the molecule is CN=C(NCCCOc1cccc(OC)c1)NCC(C)C. The van der Waals surface area contributed by atoms with Gasteiger partial charge in [0.2, 0.25) is 0 Å². The fraction of sp³-hybridized carbons (Fsp3) is 0.562. The van der Waals surface area contributed by atoms with Crippen molar-refractivity contribution in [3.63, 3.8) is 0 Å². The molecule has 0 aliphatic heterocycles. The number of ether oxygens (including phenoxy) is 2. The lowest BCUT2D eigenvalue weighted by Crippen LogP contribution is -2.39. The lowest BCUT2D eigenvalue weighted by molar-refractivity contribution is 0.308. The molecule has 1 aromatic rings. The molecule has 1 aromatic carbocycles. The fourth-order valence-electron chi connectivity index (χ4n) is 1.68. The number of guanidine groups is 1. The van der Waals surface area contributed by atoms with E-state index in [9.17, 15) is 0 Å². The standard InChI is InChI=1S/C16H27N3O2/c1-13(2)12-19-16(17-3)18-9-6-10-21-15-8-5-7-14(11-15)20-4/h5,7-8,11,13H,6,9-10,12H2,1-4H3,(H2,17,18,19). The first-order valence-corrected chi connectivity index (χ1v) is 7.37. The second-order valence-electron chi connectivity index (χ2n) is 5.15. The fourth-order valence-corrected chi connectivity index (χ4v) is 1.68. The third-order valence-corrected chi connectivity index (χ3v) is 2.82. The van der Waals surface area contributed by atoms with Gasteiger partial charge < -0.3 is 20.1 Å². The van der Waals surface area contributed by atoms with Crippen LogP contribution >= 0.6 is 0 Å². The van der Waals surface area contributed by atoms with E-state index in [1.165, 1.54) is 0 Å². The van der Waals surface area contributed by atoms with Crippen molar-refractivity contribution in [1.82, 2.24) is 10.6 Å². The molecule has 5 nitrogen and oxygen atoms in total. The van der Waals surface area contributed by atoms with E-state index in [4.69, 9.17) is 9.47 Å². The highest BCUT2D eigenvalue weighted by molar-refractivity contribution is 5.79. The summed E-state index contributed by atoms with van der Waals surface area (Å²) in [6.45, 7) is 6.73. The molecule has 0 atom stereocenters. The number of nitrogens with one attached hydrogen (secondary N) is 2. The Morgan fingerprint density at radius 2 is 2.00 bits per heavy atom. The van der Waals surface area contributed by atoms with Crippen molar-refractivity contribution in [2.75, 3.05) is 33.9 Å². The van der Waals surface area contributed by atoms with Gasteiger partial charge >= 0.3 is 0 Å². The summed E-state index contributed by atoms with van der Waals surface area (Å²) in [6.07, 6.45) is 0.902. The van der Waals surface area contributed by atoms with E-state index in [2.05, 4.69) is 29.5 Å². The first-order chi connectivity index (χ1) is 10.2. The predicted octanol–water partition coefficient (Wildman–Crippen LogP) is 2.29. The van der Waals surface area contributed by atoms with Crippen molar-refractivity contribution >= 4 is 5.96 Å². The van der Waals surface area contributed by atoms with Crippen LogP contribution in [0.1, 0.15) is 20.3 Å². The van der Waals surface area contributed by atoms with Gasteiger partial charge in [-0.15, -0.1) is 0 Å². The Morgan fingerprint density at radius 3 is 2.67 bits per heavy atom. The van der Waals surface area contributed by atoms with Crippen LogP contribution < -0.4 is 20.1 Å². The summed E-state index contributed by atoms with van der Waals surface area (Å²) in [4.78, 5) is 4.18. The van der Waals surface area contributed by atoms with E-state index in [0.717, 1.165) is 37.0 Å². The normalized spacial score (nSPS) is 11.4. The molecule has 0 aliphatic rings. The van der Waals surface area contributed by atoms with Crippen molar-refractivity contribution in [1.29, 1.82) is 0 Å². The van der Waals surface area contributed by atoms with Crippen molar-refractivity contribution in [2.24, 2.45) is 10.9 Å². The maximum atomic E-state index is 5.68. The van der Waals surface area contributed by atoms with E-state index in [-0.39, 0.29) is 0 Å². The van der Waals surface area contributed by atoms with Gasteiger partial charge in [-0.05, 0) is 24.5 Å². The molecule has 0 unspecified atom stereocenters. The van der Waals surface area contributed by atoms with Crippen molar-refractivity contribution in [3.8, 4) is 11.5 Å². The minimum atomic E-state index is 0.597. The second-order valence-corrected chi connectivity index (χ2v) is 5.15. The summed E-state index contributed by atoms with van der Waals surface area (Å²) in [5.41, 5.74) is 0. The van der Waals surface area contributed by atoms with Gasteiger partial charge in [0, 0.05) is 26.2 Å². The Balaban J connectivity index is 2.18. The van der Waals surface area contributed by atoms with Crippen LogP contribution in [-0.2, 0) is 0 Å². The molecule has 21 heavy (non-hydrogen) atoms. The summed E-state index contributed by atoms with van der Waals surface area (Å²) in [6, 6.07) is 7.64. The molecule has 1 rings (SSSR count). The molecule has 0 aliphatic carbocycles. The molecule has 5 heteroatoms. The van der Waals surface area contributed by atoms with Gasteiger partial charge in [-0.1, -0.05) is 19.9 Å². The molecule has 0 heterocycles. The largest absolute Gasteiger partial charge is 0.497 e. The maximum absolute atomic E-state index is 5.68. The van der Waals surface area contributed by atoms with Crippen LogP contribution in [0, 0.1) is 5.92 Å². The minimum Gasteiger partial charge on any atom is -0.497 e. The average Bonchev–Trinajstić information content (AvgIpc) is 2.50. The molecule has 0 bridgehead atoms. The van der Waals surface area contributed by atoms with Crippen LogP contribution in [0.25, 0.3) is 0 Å². The molecule has 0 radical (unpaired) electrons. The summed E-state index contributed by atoms with van der Waals surface area (Å²) >= 11 is 0. The zero-order valence-electron chi connectivity index (χ0n) is 13.5. The number of methoxy groups -OCH3 is 1. The summed E-state index contributed by atoms with van der Waals surface area (Å²) in [5.74, 6) is 3.07. The van der Waals surface area contributed by atoms with E-state index in [0.29, 0.717) is 12.5 Å². The van der Waals surface area contributed by atoms with Gasteiger partial charge in [0.25, 0.3) is 0 Å². The predicted molar refractivity (Wildman–Crippen MR) is 87.3 cm³/mol. The van der Waals surface area contributed by atoms with E-state index < -0.39 is 0 Å². The third kappa shape index (κ3) is 7.44. The number of rotatable bonds is 8.